The molecule has 1 amide bonds. The average Bonchev–Trinajstić information content (AvgIpc) is 2.59. The summed E-state index contributed by atoms with van der Waals surface area (Å²) in [5, 5.41) is 2.96. The molecular formula is C20H26N2O. The second-order valence-electron chi connectivity index (χ2n) is 5.86. The highest BCUT2D eigenvalue weighted by atomic mass is 16.1. The van der Waals surface area contributed by atoms with Crippen molar-refractivity contribution in [3.8, 4) is 0 Å². The molecule has 3 nitrogen and oxygen atoms in total. The molecule has 0 aromatic heterocycles. The first kappa shape index (κ1) is 17.1. The number of rotatable bonds is 8. The number of aryl methyl sites for hydroxylation is 1. The average molecular weight is 310 g/mol. The Labute approximate surface area is 139 Å². The molecule has 0 radical (unpaired) electrons. The monoisotopic (exact) mass is 310 g/mol. The maximum Gasteiger partial charge on any atom is 0.224 e. The summed E-state index contributed by atoms with van der Waals surface area (Å²) in [7, 11) is 2.10. The van der Waals surface area contributed by atoms with Gasteiger partial charge in [-0.1, -0.05) is 43.7 Å². The van der Waals surface area contributed by atoms with E-state index >= 15 is 0 Å². The predicted octanol–water partition coefficient (Wildman–Crippen LogP) is 4.49. The summed E-state index contributed by atoms with van der Waals surface area (Å²) in [6, 6.07) is 18.1. The SMILES string of the molecule is CCCCN(C)c1ccc(NC(=O)CCc2ccccc2)cc1. The van der Waals surface area contributed by atoms with E-state index in [2.05, 4.69) is 36.3 Å². The molecule has 0 aliphatic rings. The quantitative estimate of drug-likeness (QED) is 0.779. The molecular weight excluding hydrogens is 284 g/mol. The van der Waals surface area contributed by atoms with Crippen LogP contribution in [0.2, 0.25) is 0 Å². The number of nitrogens with one attached hydrogen (secondary N) is 1. The van der Waals surface area contributed by atoms with E-state index in [-0.39, 0.29) is 5.91 Å². The third kappa shape index (κ3) is 5.78. The van der Waals surface area contributed by atoms with Crippen molar-refractivity contribution >= 4 is 17.3 Å². The Balaban J connectivity index is 1.82. The van der Waals surface area contributed by atoms with E-state index in [4.69, 9.17) is 0 Å². The molecule has 0 bridgehead atoms. The molecule has 0 unspecified atom stereocenters. The largest absolute Gasteiger partial charge is 0.375 e. The topological polar surface area (TPSA) is 32.3 Å². The Morgan fingerprint density at radius 1 is 1.04 bits per heavy atom. The van der Waals surface area contributed by atoms with E-state index in [9.17, 15) is 4.79 Å². The standard InChI is InChI=1S/C20H26N2O/c1-3-4-16-22(2)19-13-11-18(12-14-19)21-20(23)15-10-17-8-6-5-7-9-17/h5-9,11-14H,3-4,10,15-16H2,1-2H3,(H,21,23). The van der Waals surface area contributed by atoms with Gasteiger partial charge in [0, 0.05) is 31.4 Å². The molecule has 23 heavy (non-hydrogen) atoms. The zero-order chi connectivity index (χ0) is 16.5. The fourth-order valence-corrected chi connectivity index (χ4v) is 2.45. The maximum atomic E-state index is 12.0. The maximum absolute atomic E-state index is 12.0. The van der Waals surface area contributed by atoms with Crippen LogP contribution in [0.25, 0.3) is 0 Å². The molecule has 122 valence electrons. The number of hydrogen-bond acceptors (Lipinski definition) is 2. The van der Waals surface area contributed by atoms with Gasteiger partial charge in [-0.25, -0.2) is 0 Å². The van der Waals surface area contributed by atoms with E-state index in [0.717, 1.165) is 18.7 Å². The van der Waals surface area contributed by atoms with Crippen molar-refractivity contribution in [1.82, 2.24) is 0 Å². The highest BCUT2D eigenvalue weighted by molar-refractivity contribution is 5.91. The van der Waals surface area contributed by atoms with Crippen molar-refractivity contribution < 1.29 is 4.79 Å². The minimum absolute atomic E-state index is 0.0564. The van der Waals surface area contributed by atoms with Crippen molar-refractivity contribution in [2.24, 2.45) is 0 Å². The number of carbonyl (C=O) groups excluding carboxylic acids is 1. The van der Waals surface area contributed by atoms with E-state index in [1.165, 1.54) is 24.1 Å². The third-order valence-electron chi connectivity index (χ3n) is 3.92. The van der Waals surface area contributed by atoms with Crippen molar-refractivity contribution in [3.63, 3.8) is 0 Å². The fourth-order valence-electron chi connectivity index (χ4n) is 2.45. The van der Waals surface area contributed by atoms with Gasteiger partial charge in [-0.3, -0.25) is 4.79 Å². The Hall–Kier alpha value is -2.29. The molecule has 2 rings (SSSR count). The number of hydrogen-bond donors (Lipinski definition) is 1. The summed E-state index contributed by atoms with van der Waals surface area (Å²) in [6.45, 7) is 3.25. The van der Waals surface area contributed by atoms with Crippen molar-refractivity contribution in [2.45, 2.75) is 32.6 Å². The van der Waals surface area contributed by atoms with Crippen LogP contribution in [-0.2, 0) is 11.2 Å². The first-order chi connectivity index (χ1) is 11.2. The zero-order valence-corrected chi connectivity index (χ0v) is 14.1. The van der Waals surface area contributed by atoms with Gasteiger partial charge in [-0.2, -0.15) is 0 Å². The van der Waals surface area contributed by atoms with Crippen LogP contribution in [0, 0.1) is 0 Å². The number of carbonyl (C=O) groups is 1. The molecule has 1 N–H and O–H groups in total. The Morgan fingerprint density at radius 2 is 1.74 bits per heavy atom. The summed E-state index contributed by atoms with van der Waals surface area (Å²) in [5.74, 6) is 0.0564. The molecule has 3 heteroatoms. The highest BCUT2D eigenvalue weighted by Gasteiger charge is 2.04. The molecule has 0 saturated carbocycles. The van der Waals surface area contributed by atoms with Crippen LogP contribution in [-0.4, -0.2) is 19.5 Å². The van der Waals surface area contributed by atoms with E-state index in [1.54, 1.807) is 0 Å². The smallest absolute Gasteiger partial charge is 0.224 e. The number of amides is 1. The van der Waals surface area contributed by atoms with Gasteiger partial charge in [0.15, 0.2) is 0 Å². The van der Waals surface area contributed by atoms with Gasteiger partial charge >= 0.3 is 0 Å². The lowest BCUT2D eigenvalue weighted by Crippen LogP contribution is -2.18. The van der Waals surface area contributed by atoms with Crippen LogP contribution in [0.4, 0.5) is 11.4 Å². The zero-order valence-electron chi connectivity index (χ0n) is 14.1. The molecule has 2 aromatic rings. The summed E-state index contributed by atoms with van der Waals surface area (Å²) in [4.78, 5) is 14.3. The lowest BCUT2D eigenvalue weighted by Gasteiger charge is -2.19. The van der Waals surface area contributed by atoms with Crippen molar-refractivity contribution in [3.05, 3.63) is 60.2 Å². The number of nitrogens with zero attached hydrogens (tertiary/aromatic N) is 1. The summed E-state index contributed by atoms with van der Waals surface area (Å²) >= 11 is 0. The lowest BCUT2D eigenvalue weighted by molar-refractivity contribution is -0.116. The van der Waals surface area contributed by atoms with Crippen LogP contribution in [0.3, 0.4) is 0 Å². The van der Waals surface area contributed by atoms with Crippen LogP contribution < -0.4 is 10.2 Å². The molecule has 0 heterocycles. The van der Waals surface area contributed by atoms with Gasteiger partial charge in [0.2, 0.25) is 5.91 Å². The lowest BCUT2D eigenvalue weighted by atomic mass is 10.1. The van der Waals surface area contributed by atoms with Crippen molar-refractivity contribution in [2.75, 3.05) is 23.8 Å². The molecule has 0 fully saturated rings. The van der Waals surface area contributed by atoms with E-state index in [1.807, 2.05) is 42.5 Å². The van der Waals surface area contributed by atoms with Gasteiger partial charge in [-0.15, -0.1) is 0 Å². The van der Waals surface area contributed by atoms with Gasteiger partial charge in [0.25, 0.3) is 0 Å². The fraction of sp³-hybridized carbons (Fsp3) is 0.350. The predicted molar refractivity (Wildman–Crippen MR) is 98.0 cm³/mol. The molecule has 0 saturated heterocycles. The number of anilines is 2. The molecule has 0 spiro atoms. The Morgan fingerprint density at radius 3 is 2.39 bits per heavy atom. The second-order valence-corrected chi connectivity index (χ2v) is 5.86. The highest BCUT2D eigenvalue weighted by Crippen LogP contribution is 2.17. The van der Waals surface area contributed by atoms with Gasteiger partial charge in [0.1, 0.15) is 0 Å². The third-order valence-corrected chi connectivity index (χ3v) is 3.92. The van der Waals surface area contributed by atoms with E-state index < -0.39 is 0 Å². The van der Waals surface area contributed by atoms with Gasteiger partial charge in [-0.05, 0) is 42.7 Å². The van der Waals surface area contributed by atoms with Crippen LogP contribution in [0.15, 0.2) is 54.6 Å². The van der Waals surface area contributed by atoms with Crippen LogP contribution in [0.5, 0.6) is 0 Å². The molecule has 0 aliphatic heterocycles. The molecule has 0 atom stereocenters. The second kappa shape index (κ2) is 8.99. The normalized spacial score (nSPS) is 10.3. The van der Waals surface area contributed by atoms with E-state index in [0.29, 0.717) is 6.42 Å². The van der Waals surface area contributed by atoms with Crippen LogP contribution in [0.1, 0.15) is 31.7 Å². The molecule has 0 aliphatic carbocycles. The summed E-state index contributed by atoms with van der Waals surface area (Å²) in [6.07, 6.45) is 3.65. The first-order valence-electron chi connectivity index (χ1n) is 8.34. The van der Waals surface area contributed by atoms with Gasteiger partial charge < -0.3 is 10.2 Å². The minimum Gasteiger partial charge on any atom is -0.375 e. The summed E-state index contributed by atoms with van der Waals surface area (Å²) in [5.41, 5.74) is 3.23. The molecule has 2 aromatic carbocycles. The summed E-state index contributed by atoms with van der Waals surface area (Å²) < 4.78 is 0. The minimum atomic E-state index is 0.0564. The first-order valence-corrected chi connectivity index (χ1v) is 8.34. The number of benzene rings is 2. The Kier molecular flexibility index (Phi) is 6.67. The van der Waals surface area contributed by atoms with Crippen molar-refractivity contribution in [1.29, 1.82) is 0 Å². The Bertz CT molecular complexity index is 593. The van der Waals surface area contributed by atoms with Crippen LogP contribution >= 0.6 is 0 Å². The number of unbranched alkanes of at least 4 members (excludes halogenated alkanes) is 1. The van der Waals surface area contributed by atoms with Gasteiger partial charge in [0.05, 0.1) is 0 Å².